The molecule has 0 aliphatic carbocycles. The topological polar surface area (TPSA) is 4.93 Å². The highest BCUT2D eigenvalue weighted by molar-refractivity contribution is 6.14. The maximum atomic E-state index is 2.37. The van der Waals surface area contributed by atoms with Crippen LogP contribution in [0.25, 0.3) is 82.4 Å². The van der Waals surface area contributed by atoms with E-state index in [-0.39, 0.29) is 0 Å². The molecule has 0 N–H and O–H groups in total. The van der Waals surface area contributed by atoms with E-state index in [0.717, 1.165) is 0 Å². The van der Waals surface area contributed by atoms with Gasteiger partial charge in [-0.3, -0.25) is 0 Å². The molecule has 0 aliphatic rings. The quantitative estimate of drug-likeness (QED) is 0.185. The first-order chi connectivity index (χ1) is 22.3. The fourth-order valence-corrected chi connectivity index (χ4v) is 7.05. The zero-order chi connectivity index (χ0) is 29.7. The first kappa shape index (κ1) is 25.6. The molecule has 1 aromatic heterocycles. The fraction of sp³-hybridized carbons (Fsp3) is 0. The van der Waals surface area contributed by atoms with Crippen molar-refractivity contribution in [3.63, 3.8) is 0 Å². The molecule has 0 saturated carbocycles. The van der Waals surface area contributed by atoms with E-state index in [0.29, 0.717) is 0 Å². The molecule has 8 aromatic carbocycles. The molecule has 0 unspecified atom stereocenters. The number of benzene rings is 8. The third-order valence-corrected chi connectivity index (χ3v) is 9.16. The van der Waals surface area contributed by atoms with E-state index in [1.165, 1.54) is 82.4 Å². The summed E-state index contributed by atoms with van der Waals surface area (Å²) in [5.41, 5.74) is 11.0. The van der Waals surface area contributed by atoms with Gasteiger partial charge in [-0.1, -0.05) is 127 Å². The van der Waals surface area contributed by atoms with Crippen LogP contribution >= 0.6 is 0 Å². The maximum Gasteiger partial charge on any atom is 0.0541 e. The molecular weight excluding hydrogens is 542 g/mol. The number of hydrogen-bond acceptors (Lipinski definition) is 0. The van der Waals surface area contributed by atoms with Crippen molar-refractivity contribution in [1.82, 2.24) is 4.57 Å². The van der Waals surface area contributed by atoms with Crippen LogP contribution in [0.4, 0.5) is 0 Å². The first-order valence-electron chi connectivity index (χ1n) is 15.5. The monoisotopic (exact) mass is 571 g/mol. The molecule has 1 heterocycles. The van der Waals surface area contributed by atoms with Crippen molar-refractivity contribution in [2.45, 2.75) is 0 Å². The Hall–Kier alpha value is -5.92. The van der Waals surface area contributed by atoms with E-state index in [4.69, 9.17) is 0 Å². The van der Waals surface area contributed by atoms with Crippen molar-refractivity contribution < 1.29 is 0 Å². The Morgan fingerprint density at radius 2 is 0.844 bits per heavy atom. The summed E-state index contributed by atoms with van der Waals surface area (Å²) in [5, 5.41) is 7.67. The molecule has 9 aromatic rings. The molecule has 0 saturated heterocycles. The van der Waals surface area contributed by atoms with Crippen LogP contribution in [0.5, 0.6) is 0 Å². The predicted octanol–water partition coefficient (Wildman–Crippen LogP) is 12.1. The van der Waals surface area contributed by atoms with E-state index in [1.54, 1.807) is 0 Å². The van der Waals surface area contributed by atoms with Gasteiger partial charge in [-0.05, 0) is 103 Å². The number of nitrogens with zero attached hydrogens (tertiary/aromatic N) is 1. The maximum absolute atomic E-state index is 2.37. The standard InChI is InChI=1S/C44H29N/c1-2-17-36(18-3-1)45-43-23-9-8-22-40(43)42-28-33(24-25-44(42)45)31-14-10-13-30(26-31)32-15-11-16-34(27-32)41-29-35-12-4-5-19-37(35)38-20-6-7-21-39(38)41/h1-29H. The summed E-state index contributed by atoms with van der Waals surface area (Å²) < 4.78 is 2.37. The lowest BCUT2D eigenvalue weighted by atomic mass is 9.91. The van der Waals surface area contributed by atoms with Gasteiger partial charge in [0, 0.05) is 16.5 Å². The van der Waals surface area contributed by atoms with Crippen LogP contribution in [0.1, 0.15) is 0 Å². The van der Waals surface area contributed by atoms with Gasteiger partial charge in [0.1, 0.15) is 0 Å². The average Bonchev–Trinajstić information content (AvgIpc) is 3.45. The minimum atomic E-state index is 1.18. The van der Waals surface area contributed by atoms with Crippen molar-refractivity contribution in [2.24, 2.45) is 0 Å². The van der Waals surface area contributed by atoms with Gasteiger partial charge in [0.25, 0.3) is 0 Å². The zero-order valence-corrected chi connectivity index (χ0v) is 24.7. The van der Waals surface area contributed by atoms with Crippen molar-refractivity contribution in [3.05, 3.63) is 176 Å². The summed E-state index contributed by atoms with van der Waals surface area (Å²) in [6, 6.07) is 64.0. The van der Waals surface area contributed by atoms with Crippen LogP contribution in [0.3, 0.4) is 0 Å². The minimum Gasteiger partial charge on any atom is -0.309 e. The van der Waals surface area contributed by atoms with Crippen LogP contribution in [-0.2, 0) is 0 Å². The van der Waals surface area contributed by atoms with Gasteiger partial charge in [0.2, 0.25) is 0 Å². The normalized spacial score (nSPS) is 11.6. The van der Waals surface area contributed by atoms with Crippen LogP contribution in [-0.4, -0.2) is 4.57 Å². The number of fused-ring (bicyclic) bond motifs is 6. The van der Waals surface area contributed by atoms with E-state index in [2.05, 4.69) is 180 Å². The summed E-state index contributed by atoms with van der Waals surface area (Å²) in [7, 11) is 0. The predicted molar refractivity (Wildman–Crippen MR) is 192 cm³/mol. The van der Waals surface area contributed by atoms with E-state index in [9.17, 15) is 0 Å². The van der Waals surface area contributed by atoms with E-state index in [1.807, 2.05) is 0 Å². The molecule has 45 heavy (non-hydrogen) atoms. The minimum absolute atomic E-state index is 1.18. The second-order valence-corrected chi connectivity index (χ2v) is 11.8. The van der Waals surface area contributed by atoms with Gasteiger partial charge in [-0.2, -0.15) is 0 Å². The van der Waals surface area contributed by atoms with Gasteiger partial charge >= 0.3 is 0 Å². The van der Waals surface area contributed by atoms with Crippen LogP contribution in [0.15, 0.2) is 176 Å². The molecule has 1 heteroatoms. The summed E-state index contributed by atoms with van der Waals surface area (Å²) in [6.07, 6.45) is 0. The molecule has 0 amide bonds. The third kappa shape index (κ3) is 4.24. The molecule has 0 spiro atoms. The third-order valence-electron chi connectivity index (χ3n) is 9.16. The Balaban J connectivity index is 1.16. The van der Waals surface area contributed by atoms with E-state index >= 15 is 0 Å². The van der Waals surface area contributed by atoms with Crippen molar-refractivity contribution >= 4 is 43.4 Å². The molecule has 1 nitrogen and oxygen atoms in total. The second kappa shape index (κ2) is 10.4. The molecule has 0 bridgehead atoms. The fourth-order valence-electron chi connectivity index (χ4n) is 7.05. The highest BCUT2D eigenvalue weighted by Crippen LogP contribution is 2.38. The van der Waals surface area contributed by atoms with Gasteiger partial charge in [-0.25, -0.2) is 0 Å². The Morgan fingerprint density at radius 1 is 0.289 bits per heavy atom. The summed E-state index contributed by atoms with van der Waals surface area (Å²) in [4.78, 5) is 0. The zero-order valence-electron chi connectivity index (χ0n) is 24.7. The van der Waals surface area contributed by atoms with Gasteiger partial charge in [0.15, 0.2) is 0 Å². The van der Waals surface area contributed by atoms with Crippen molar-refractivity contribution in [3.8, 4) is 39.1 Å². The molecule has 9 rings (SSSR count). The lowest BCUT2D eigenvalue weighted by molar-refractivity contribution is 1.18. The Bertz CT molecular complexity index is 2530. The number of para-hydroxylation sites is 2. The SMILES string of the molecule is c1ccc(-n2c3ccccc3c3cc(-c4cccc(-c5cccc(-c6cc7ccccc7c7ccccc67)c5)c4)ccc32)cc1. The van der Waals surface area contributed by atoms with Gasteiger partial charge < -0.3 is 4.57 Å². The lowest BCUT2D eigenvalue weighted by Crippen LogP contribution is -1.92. The summed E-state index contributed by atoms with van der Waals surface area (Å²) in [5.74, 6) is 0. The van der Waals surface area contributed by atoms with Crippen LogP contribution < -0.4 is 0 Å². The van der Waals surface area contributed by atoms with Crippen molar-refractivity contribution in [1.29, 1.82) is 0 Å². The second-order valence-electron chi connectivity index (χ2n) is 11.8. The Morgan fingerprint density at radius 3 is 1.62 bits per heavy atom. The van der Waals surface area contributed by atoms with Crippen LogP contribution in [0, 0.1) is 0 Å². The molecule has 0 aliphatic heterocycles. The number of hydrogen-bond donors (Lipinski definition) is 0. The van der Waals surface area contributed by atoms with Gasteiger partial charge in [-0.15, -0.1) is 0 Å². The number of aromatic nitrogens is 1. The molecule has 210 valence electrons. The molecule has 0 fully saturated rings. The number of rotatable bonds is 4. The molecular formula is C44H29N. The van der Waals surface area contributed by atoms with Gasteiger partial charge in [0.05, 0.1) is 11.0 Å². The largest absolute Gasteiger partial charge is 0.309 e. The lowest BCUT2D eigenvalue weighted by Gasteiger charge is -2.13. The van der Waals surface area contributed by atoms with E-state index < -0.39 is 0 Å². The van der Waals surface area contributed by atoms with Crippen LogP contribution in [0.2, 0.25) is 0 Å². The van der Waals surface area contributed by atoms with Crippen molar-refractivity contribution in [2.75, 3.05) is 0 Å². The summed E-state index contributed by atoms with van der Waals surface area (Å²) >= 11 is 0. The molecule has 0 radical (unpaired) electrons. The highest BCUT2D eigenvalue weighted by Gasteiger charge is 2.14. The Labute approximate surface area is 262 Å². The average molecular weight is 572 g/mol. The summed E-state index contributed by atoms with van der Waals surface area (Å²) in [6.45, 7) is 0. The first-order valence-corrected chi connectivity index (χ1v) is 15.5. The highest BCUT2D eigenvalue weighted by atomic mass is 15.0. The smallest absolute Gasteiger partial charge is 0.0541 e. The molecule has 0 atom stereocenters. The Kier molecular flexibility index (Phi) is 5.89.